The summed E-state index contributed by atoms with van der Waals surface area (Å²) in [5.41, 5.74) is 2.67. The second-order valence-electron chi connectivity index (χ2n) is 4.35. The van der Waals surface area contributed by atoms with Crippen molar-refractivity contribution in [3.8, 4) is 0 Å². The topological polar surface area (TPSA) is 62.4 Å². The van der Waals surface area contributed by atoms with E-state index in [0.29, 0.717) is 12.1 Å². The molecule has 0 spiro atoms. The van der Waals surface area contributed by atoms with Crippen molar-refractivity contribution in [1.29, 1.82) is 0 Å². The zero-order chi connectivity index (χ0) is 12.1. The molecule has 1 aliphatic carbocycles. The number of nitrogens with zero attached hydrogens (tertiary/aromatic N) is 1. The van der Waals surface area contributed by atoms with Crippen LogP contribution < -0.4 is 16.6 Å². The van der Waals surface area contributed by atoms with Gasteiger partial charge in [-0.05, 0) is 30.7 Å². The minimum absolute atomic E-state index is 0.313. The summed E-state index contributed by atoms with van der Waals surface area (Å²) in [4.78, 5) is 5.85. The third kappa shape index (κ3) is 3.71. The van der Waals surface area contributed by atoms with Gasteiger partial charge < -0.3 is 5.32 Å². The lowest BCUT2D eigenvalue weighted by Gasteiger charge is -2.19. The number of rotatable bonds is 5. The van der Waals surface area contributed by atoms with Crippen LogP contribution in [0.15, 0.2) is 22.5 Å². The second-order valence-corrected chi connectivity index (χ2v) is 5.33. The number of nitrogens with two attached hydrogens (primary N) is 1. The van der Waals surface area contributed by atoms with Gasteiger partial charge in [-0.2, -0.15) is 0 Å². The first-order chi connectivity index (χ1) is 8.33. The number of hydrogen-bond donors (Lipinski definition) is 3. The molecule has 1 atom stereocenters. The second kappa shape index (κ2) is 6.02. The number of hydrazine groups is 1. The molecular weight excluding hydrogens is 232 g/mol. The van der Waals surface area contributed by atoms with Gasteiger partial charge in [-0.25, -0.2) is 10.8 Å². The summed E-state index contributed by atoms with van der Waals surface area (Å²) in [6.45, 7) is 2.19. The van der Waals surface area contributed by atoms with Gasteiger partial charge in [0.25, 0.3) is 0 Å². The SMILES string of the molecule is CCCC(NC(=NC1CC1)NN)c1cccs1. The van der Waals surface area contributed by atoms with Gasteiger partial charge >= 0.3 is 0 Å². The first-order valence-electron chi connectivity index (χ1n) is 6.17. The van der Waals surface area contributed by atoms with Gasteiger partial charge in [0.05, 0.1) is 12.1 Å². The normalized spacial score (nSPS) is 17.9. The van der Waals surface area contributed by atoms with E-state index >= 15 is 0 Å². The standard InChI is InChI=1S/C12H20N4S/c1-2-4-10(11-5-3-8-17-11)15-12(16-13)14-9-6-7-9/h3,5,8-10H,2,4,6-7,13H2,1H3,(H2,14,15,16). The van der Waals surface area contributed by atoms with E-state index in [4.69, 9.17) is 5.84 Å². The van der Waals surface area contributed by atoms with Gasteiger partial charge in [0, 0.05) is 4.88 Å². The molecule has 0 bridgehead atoms. The van der Waals surface area contributed by atoms with Crippen molar-refractivity contribution >= 4 is 17.3 Å². The van der Waals surface area contributed by atoms with Crippen LogP contribution in [0.2, 0.25) is 0 Å². The Morgan fingerprint density at radius 1 is 1.65 bits per heavy atom. The Labute approximate surface area is 106 Å². The average molecular weight is 252 g/mol. The third-order valence-electron chi connectivity index (χ3n) is 2.77. The number of nitrogens with one attached hydrogen (secondary N) is 2. The number of hydrogen-bond acceptors (Lipinski definition) is 3. The van der Waals surface area contributed by atoms with Gasteiger partial charge in [0.1, 0.15) is 0 Å². The highest BCUT2D eigenvalue weighted by Gasteiger charge is 2.22. The van der Waals surface area contributed by atoms with Crippen LogP contribution in [-0.4, -0.2) is 12.0 Å². The first kappa shape index (κ1) is 12.4. The fraction of sp³-hybridized carbons (Fsp3) is 0.583. The number of thiophene rings is 1. The van der Waals surface area contributed by atoms with Crippen molar-refractivity contribution in [3.05, 3.63) is 22.4 Å². The maximum Gasteiger partial charge on any atom is 0.206 e. The minimum Gasteiger partial charge on any atom is -0.348 e. The smallest absolute Gasteiger partial charge is 0.206 e. The molecule has 17 heavy (non-hydrogen) atoms. The molecule has 1 aromatic heterocycles. The van der Waals surface area contributed by atoms with Crippen molar-refractivity contribution in [2.45, 2.75) is 44.7 Å². The predicted molar refractivity (Wildman–Crippen MR) is 72.9 cm³/mol. The zero-order valence-electron chi connectivity index (χ0n) is 10.1. The summed E-state index contributed by atoms with van der Waals surface area (Å²) in [7, 11) is 0. The summed E-state index contributed by atoms with van der Waals surface area (Å²) in [5, 5.41) is 5.51. The Bertz CT molecular complexity index is 357. The number of aliphatic imine (C=N–C) groups is 1. The van der Waals surface area contributed by atoms with E-state index in [1.54, 1.807) is 11.3 Å². The molecule has 2 rings (SSSR count). The molecule has 1 unspecified atom stereocenters. The Kier molecular flexibility index (Phi) is 4.39. The van der Waals surface area contributed by atoms with Crippen molar-refractivity contribution in [2.24, 2.45) is 10.8 Å². The molecule has 1 aromatic rings. The van der Waals surface area contributed by atoms with E-state index < -0.39 is 0 Å². The van der Waals surface area contributed by atoms with Gasteiger partial charge in [0.2, 0.25) is 5.96 Å². The van der Waals surface area contributed by atoms with E-state index in [0.717, 1.165) is 18.8 Å². The van der Waals surface area contributed by atoms with Crippen LogP contribution in [0.25, 0.3) is 0 Å². The van der Waals surface area contributed by atoms with Crippen LogP contribution in [0.4, 0.5) is 0 Å². The highest BCUT2D eigenvalue weighted by molar-refractivity contribution is 7.10. The molecule has 1 fully saturated rings. The number of guanidine groups is 1. The largest absolute Gasteiger partial charge is 0.348 e. The van der Waals surface area contributed by atoms with E-state index in [1.165, 1.54) is 17.7 Å². The molecule has 4 nitrogen and oxygen atoms in total. The predicted octanol–water partition coefficient (Wildman–Crippen LogP) is 2.16. The van der Waals surface area contributed by atoms with E-state index in [9.17, 15) is 0 Å². The third-order valence-corrected chi connectivity index (χ3v) is 3.76. The van der Waals surface area contributed by atoms with E-state index in [2.05, 4.69) is 40.2 Å². The summed E-state index contributed by atoms with van der Waals surface area (Å²) in [6, 6.07) is 5.02. The maximum absolute atomic E-state index is 5.51. The van der Waals surface area contributed by atoms with Crippen molar-refractivity contribution in [2.75, 3.05) is 0 Å². The molecule has 94 valence electrons. The van der Waals surface area contributed by atoms with Crippen LogP contribution in [0, 0.1) is 0 Å². The summed E-state index contributed by atoms with van der Waals surface area (Å²) in [5.74, 6) is 6.23. The highest BCUT2D eigenvalue weighted by atomic mass is 32.1. The summed E-state index contributed by atoms with van der Waals surface area (Å²) in [6.07, 6.45) is 4.59. The van der Waals surface area contributed by atoms with Crippen LogP contribution in [0.1, 0.15) is 43.5 Å². The van der Waals surface area contributed by atoms with Gasteiger partial charge in [-0.1, -0.05) is 19.4 Å². The zero-order valence-corrected chi connectivity index (χ0v) is 11.0. The molecule has 0 amide bonds. The summed E-state index contributed by atoms with van der Waals surface area (Å²) >= 11 is 1.77. The molecule has 5 heteroatoms. The fourth-order valence-electron chi connectivity index (χ4n) is 1.73. The van der Waals surface area contributed by atoms with Gasteiger partial charge in [-0.3, -0.25) is 5.43 Å². The van der Waals surface area contributed by atoms with E-state index in [1.807, 2.05) is 0 Å². The molecule has 0 aromatic carbocycles. The molecule has 1 heterocycles. The molecule has 0 radical (unpaired) electrons. The lowest BCUT2D eigenvalue weighted by molar-refractivity contribution is 0.578. The Morgan fingerprint density at radius 3 is 3.00 bits per heavy atom. The highest BCUT2D eigenvalue weighted by Crippen LogP contribution is 2.25. The van der Waals surface area contributed by atoms with Crippen LogP contribution in [0.3, 0.4) is 0 Å². The Morgan fingerprint density at radius 2 is 2.47 bits per heavy atom. The van der Waals surface area contributed by atoms with Crippen LogP contribution >= 0.6 is 11.3 Å². The Hall–Kier alpha value is -1.07. The van der Waals surface area contributed by atoms with Crippen molar-refractivity contribution in [3.63, 3.8) is 0 Å². The molecule has 1 aliphatic rings. The molecular formula is C12H20N4S. The molecule has 1 saturated carbocycles. The lowest BCUT2D eigenvalue weighted by Crippen LogP contribution is -2.43. The Balaban J connectivity index is 2.00. The summed E-state index contributed by atoms with van der Waals surface area (Å²) < 4.78 is 0. The quantitative estimate of drug-likeness (QED) is 0.326. The van der Waals surface area contributed by atoms with Crippen molar-refractivity contribution in [1.82, 2.24) is 10.7 Å². The van der Waals surface area contributed by atoms with Crippen molar-refractivity contribution < 1.29 is 0 Å². The molecule has 4 N–H and O–H groups in total. The van der Waals surface area contributed by atoms with Gasteiger partial charge in [0.15, 0.2) is 0 Å². The maximum atomic E-state index is 5.51. The molecule has 0 saturated heterocycles. The van der Waals surface area contributed by atoms with E-state index in [-0.39, 0.29) is 0 Å². The molecule has 0 aliphatic heterocycles. The first-order valence-corrected chi connectivity index (χ1v) is 7.05. The minimum atomic E-state index is 0.313. The monoisotopic (exact) mass is 252 g/mol. The lowest BCUT2D eigenvalue weighted by atomic mass is 10.1. The van der Waals surface area contributed by atoms with Crippen LogP contribution in [0.5, 0.6) is 0 Å². The average Bonchev–Trinajstić information content (AvgIpc) is 2.98. The fourth-order valence-corrected chi connectivity index (χ4v) is 2.54. The van der Waals surface area contributed by atoms with Gasteiger partial charge in [-0.15, -0.1) is 11.3 Å². The van der Waals surface area contributed by atoms with Crippen LogP contribution in [-0.2, 0) is 0 Å².